The normalized spacial score (nSPS) is 12.3. The van der Waals surface area contributed by atoms with Crippen molar-refractivity contribution in [2.24, 2.45) is 0 Å². The van der Waals surface area contributed by atoms with Gasteiger partial charge in [0, 0.05) is 45.5 Å². The van der Waals surface area contributed by atoms with Crippen molar-refractivity contribution in [3.05, 3.63) is 251 Å². The molecule has 4 nitrogen and oxygen atoms in total. The Balaban J connectivity index is 0.971. The second-order valence-corrected chi connectivity index (χ2v) is 17.9. The Hall–Kier alpha value is -8.52. The molecule has 0 aromatic heterocycles. The number of aryl methyl sites for hydroxylation is 2. The molecule has 0 fully saturated rings. The number of rotatable bonds is 11. The van der Waals surface area contributed by atoms with E-state index in [2.05, 4.69) is 220 Å². The molecule has 0 saturated heterocycles. The maximum Gasteiger partial charge on any atom is 0.0991 e. The van der Waals surface area contributed by atoms with Crippen molar-refractivity contribution in [1.82, 2.24) is 0 Å². The average molecular weight is 863 g/mol. The second-order valence-electron chi connectivity index (χ2n) is 17.9. The van der Waals surface area contributed by atoms with Crippen LogP contribution in [-0.4, -0.2) is 6.21 Å². The highest BCUT2D eigenvalue weighted by Gasteiger charge is 2.36. The van der Waals surface area contributed by atoms with Gasteiger partial charge in [-0.3, -0.25) is 0 Å². The van der Waals surface area contributed by atoms with Gasteiger partial charge in [-0.25, -0.2) is 0 Å². The molecule has 0 atom stereocenters. The monoisotopic (exact) mass is 862 g/mol. The lowest BCUT2D eigenvalue weighted by Crippen LogP contribution is -2.17. The van der Waals surface area contributed by atoms with E-state index in [1.807, 2.05) is 42.5 Å². The van der Waals surface area contributed by atoms with Gasteiger partial charge in [0.05, 0.1) is 23.0 Å². The summed E-state index contributed by atoms with van der Waals surface area (Å²) in [6, 6.07) is 75.2. The third-order valence-electron chi connectivity index (χ3n) is 13.1. The summed E-state index contributed by atoms with van der Waals surface area (Å²) in [5, 5.41) is 18.0. The van der Waals surface area contributed by atoms with Crippen LogP contribution in [0.3, 0.4) is 0 Å². The molecule has 322 valence electrons. The minimum absolute atomic E-state index is 0.257. The molecule has 1 aliphatic rings. The quantitative estimate of drug-likeness (QED) is 0.104. The molecular weight excluding hydrogens is 813 g/mol. The van der Waals surface area contributed by atoms with Gasteiger partial charge in [-0.1, -0.05) is 165 Å². The van der Waals surface area contributed by atoms with Crippen LogP contribution in [0.1, 0.15) is 58.4 Å². The van der Waals surface area contributed by atoms with Crippen LogP contribution in [0.4, 0.5) is 34.1 Å². The van der Waals surface area contributed by atoms with E-state index in [0.29, 0.717) is 5.56 Å². The van der Waals surface area contributed by atoms with E-state index in [4.69, 9.17) is 5.41 Å². The van der Waals surface area contributed by atoms with Gasteiger partial charge in [0.1, 0.15) is 0 Å². The van der Waals surface area contributed by atoms with E-state index in [0.717, 1.165) is 73.1 Å². The maximum absolute atomic E-state index is 9.95. The van der Waals surface area contributed by atoms with Crippen LogP contribution in [0.2, 0.25) is 0 Å². The van der Waals surface area contributed by atoms with Crippen LogP contribution in [0.15, 0.2) is 206 Å². The third-order valence-corrected chi connectivity index (χ3v) is 13.1. The third kappa shape index (κ3) is 8.25. The summed E-state index contributed by atoms with van der Waals surface area (Å²) in [6.07, 6.45) is 5.83. The first-order chi connectivity index (χ1) is 32.7. The first kappa shape index (κ1) is 42.4. The van der Waals surface area contributed by atoms with Gasteiger partial charge in [0.2, 0.25) is 0 Å². The SMILES string of the molecule is Cc1ccc(N(c2ccc3c(c2)C(C)(C)c2cc(/C=C/c4ccc(N(c5ccc(C)cc5)c5ccc(C=N)cc5-c5ccccc5)cc4)ccc2-3)c2ccc(C#N)cc2-c2ccccc2)cc1. The summed E-state index contributed by atoms with van der Waals surface area (Å²) in [4.78, 5) is 4.64. The Morgan fingerprint density at radius 3 is 1.45 bits per heavy atom. The van der Waals surface area contributed by atoms with Crippen LogP contribution in [0, 0.1) is 30.6 Å². The molecule has 0 aliphatic heterocycles. The number of hydrogen-bond donors (Lipinski definition) is 1. The molecule has 0 heterocycles. The molecule has 67 heavy (non-hydrogen) atoms. The molecule has 0 spiro atoms. The standard InChI is InChI=1S/C63H50N4/c1-43-15-26-51(27-16-43)66(61-35-24-47(41-64)37-57(61)49-11-7-5-8-12-49)53-30-21-45(22-31-53)19-20-46-23-33-55-56-34-32-54(40-60(56)63(3,4)59(55)39-46)67(52-28-17-44(2)18-29-52)62-36-25-48(42-65)38-58(62)50-13-9-6-10-14-50/h5-41,64H,1-4H3/b20-19+,64-41?. The molecule has 0 radical (unpaired) electrons. The van der Waals surface area contributed by atoms with Gasteiger partial charge in [-0.2, -0.15) is 5.26 Å². The van der Waals surface area contributed by atoms with Crippen LogP contribution in [0.25, 0.3) is 45.5 Å². The Labute approximate surface area is 394 Å². The molecule has 0 saturated carbocycles. The molecule has 9 aromatic rings. The van der Waals surface area contributed by atoms with E-state index in [1.165, 1.54) is 39.6 Å². The molecule has 9 aromatic carbocycles. The van der Waals surface area contributed by atoms with E-state index < -0.39 is 0 Å². The van der Waals surface area contributed by atoms with E-state index >= 15 is 0 Å². The second kappa shape index (κ2) is 17.8. The number of hydrogen-bond acceptors (Lipinski definition) is 4. The summed E-state index contributed by atoms with van der Waals surface area (Å²) in [6.45, 7) is 8.90. The fourth-order valence-corrected chi connectivity index (χ4v) is 9.49. The zero-order chi connectivity index (χ0) is 46.1. The lowest BCUT2D eigenvalue weighted by molar-refractivity contribution is 0.660. The fourth-order valence-electron chi connectivity index (χ4n) is 9.49. The van der Waals surface area contributed by atoms with E-state index in [9.17, 15) is 5.26 Å². The van der Waals surface area contributed by atoms with Crippen molar-refractivity contribution in [2.45, 2.75) is 33.1 Å². The molecule has 4 heteroatoms. The molecule has 0 amide bonds. The minimum Gasteiger partial charge on any atom is -0.310 e. The Bertz CT molecular complexity index is 3340. The van der Waals surface area contributed by atoms with Crippen molar-refractivity contribution < 1.29 is 0 Å². The average Bonchev–Trinajstić information content (AvgIpc) is 3.60. The highest BCUT2D eigenvalue weighted by molar-refractivity contribution is 5.93. The van der Waals surface area contributed by atoms with Crippen LogP contribution in [-0.2, 0) is 5.41 Å². The lowest BCUT2D eigenvalue weighted by atomic mass is 9.81. The molecule has 1 aliphatic carbocycles. The number of fused-ring (bicyclic) bond motifs is 3. The summed E-state index contributed by atoms with van der Waals surface area (Å²) in [5.74, 6) is 0. The van der Waals surface area contributed by atoms with Gasteiger partial charge in [-0.15, -0.1) is 0 Å². The highest BCUT2D eigenvalue weighted by atomic mass is 15.1. The lowest BCUT2D eigenvalue weighted by Gasteiger charge is -2.30. The molecule has 0 unspecified atom stereocenters. The Morgan fingerprint density at radius 2 is 0.881 bits per heavy atom. The number of nitriles is 1. The topological polar surface area (TPSA) is 54.1 Å². The first-order valence-corrected chi connectivity index (χ1v) is 22.8. The van der Waals surface area contributed by atoms with Gasteiger partial charge in [0.25, 0.3) is 0 Å². The summed E-state index contributed by atoms with van der Waals surface area (Å²) < 4.78 is 0. The van der Waals surface area contributed by atoms with Crippen molar-refractivity contribution in [2.75, 3.05) is 9.80 Å². The zero-order valence-electron chi connectivity index (χ0n) is 38.2. The fraction of sp³-hybridized carbons (Fsp3) is 0.0794. The van der Waals surface area contributed by atoms with E-state index in [-0.39, 0.29) is 5.41 Å². The number of benzene rings is 9. The molecule has 10 rings (SSSR count). The van der Waals surface area contributed by atoms with Crippen molar-refractivity contribution in [3.63, 3.8) is 0 Å². The van der Waals surface area contributed by atoms with Crippen molar-refractivity contribution in [3.8, 4) is 39.4 Å². The van der Waals surface area contributed by atoms with Crippen molar-refractivity contribution in [1.29, 1.82) is 10.7 Å². The largest absolute Gasteiger partial charge is 0.310 e. The predicted molar refractivity (Wildman–Crippen MR) is 282 cm³/mol. The molecule has 0 bridgehead atoms. The van der Waals surface area contributed by atoms with Crippen molar-refractivity contribution >= 4 is 52.5 Å². The molecule has 1 N–H and O–H groups in total. The van der Waals surface area contributed by atoms with Gasteiger partial charge < -0.3 is 15.2 Å². The first-order valence-electron chi connectivity index (χ1n) is 22.8. The minimum atomic E-state index is -0.257. The Morgan fingerprint density at radius 1 is 0.433 bits per heavy atom. The number of nitrogens with one attached hydrogen (secondary N) is 1. The molecular formula is C63H50N4. The highest BCUT2D eigenvalue weighted by Crippen LogP contribution is 2.52. The smallest absolute Gasteiger partial charge is 0.0991 e. The summed E-state index contributed by atoms with van der Waals surface area (Å²) in [5.41, 5.74) is 21.5. The van der Waals surface area contributed by atoms with E-state index in [1.54, 1.807) is 0 Å². The zero-order valence-corrected chi connectivity index (χ0v) is 38.2. The summed E-state index contributed by atoms with van der Waals surface area (Å²) in [7, 11) is 0. The predicted octanol–water partition coefficient (Wildman–Crippen LogP) is 16.9. The van der Waals surface area contributed by atoms with Gasteiger partial charge in [0.15, 0.2) is 0 Å². The maximum atomic E-state index is 9.95. The Kier molecular flexibility index (Phi) is 11.3. The number of nitrogens with zero attached hydrogens (tertiary/aromatic N) is 3. The summed E-state index contributed by atoms with van der Waals surface area (Å²) >= 11 is 0. The van der Waals surface area contributed by atoms with Crippen LogP contribution >= 0.6 is 0 Å². The van der Waals surface area contributed by atoms with Gasteiger partial charge >= 0.3 is 0 Å². The van der Waals surface area contributed by atoms with Crippen LogP contribution in [0.5, 0.6) is 0 Å². The van der Waals surface area contributed by atoms with Crippen LogP contribution < -0.4 is 9.80 Å². The number of anilines is 6. The van der Waals surface area contributed by atoms with Gasteiger partial charge in [-0.05, 0) is 143 Å².